The summed E-state index contributed by atoms with van der Waals surface area (Å²) in [6.45, 7) is 2.06. The van der Waals surface area contributed by atoms with Crippen molar-refractivity contribution >= 4 is 39.1 Å². The molecule has 0 fully saturated rings. The molecule has 1 atom stereocenters. The van der Waals surface area contributed by atoms with E-state index in [1.54, 1.807) is 12.1 Å². The molecule has 0 heterocycles. The zero-order chi connectivity index (χ0) is 15.4. The minimum absolute atomic E-state index is 0.0894. The van der Waals surface area contributed by atoms with E-state index in [0.29, 0.717) is 21.5 Å². The summed E-state index contributed by atoms with van der Waals surface area (Å²) < 4.78 is 6.84. The van der Waals surface area contributed by atoms with Crippen LogP contribution < -0.4 is 10.5 Å². The molecule has 5 heteroatoms. The Morgan fingerprint density at radius 1 is 1.14 bits per heavy atom. The van der Waals surface area contributed by atoms with Crippen molar-refractivity contribution in [2.45, 2.75) is 25.8 Å². The molecule has 0 radical (unpaired) electrons. The van der Waals surface area contributed by atoms with Crippen molar-refractivity contribution in [3.05, 3.63) is 56.5 Å². The predicted octanol–water partition coefficient (Wildman–Crippen LogP) is 5.83. The van der Waals surface area contributed by atoms with Crippen molar-refractivity contribution < 1.29 is 4.74 Å². The molecule has 0 aliphatic carbocycles. The van der Waals surface area contributed by atoms with Gasteiger partial charge in [0.1, 0.15) is 11.5 Å². The molecule has 2 rings (SSSR count). The first-order chi connectivity index (χ1) is 9.99. The SMILES string of the molecule is CCC(N)Cc1ccc(Cl)cc1Oc1cc(Br)ccc1Cl. The fourth-order valence-electron chi connectivity index (χ4n) is 1.89. The standard InChI is InChI=1S/C16H16BrCl2NO/c1-2-13(20)7-10-3-5-12(18)9-15(10)21-16-8-11(17)4-6-14(16)19/h3-6,8-9,13H,2,7,20H2,1H3. The summed E-state index contributed by atoms with van der Waals surface area (Å²) in [5, 5.41) is 1.16. The van der Waals surface area contributed by atoms with Crippen LogP contribution in [0.4, 0.5) is 0 Å². The third kappa shape index (κ3) is 4.62. The molecular weight excluding hydrogens is 373 g/mol. The number of benzene rings is 2. The van der Waals surface area contributed by atoms with Gasteiger partial charge in [-0.15, -0.1) is 0 Å². The highest BCUT2D eigenvalue weighted by Crippen LogP contribution is 2.35. The summed E-state index contributed by atoms with van der Waals surface area (Å²) in [5.41, 5.74) is 7.06. The van der Waals surface area contributed by atoms with Gasteiger partial charge in [0.15, 0.2) is 0 Å². The van der Waals surface area contributed by atoms with Gasteiger partial charge in [0.05, 0.1) is 5.02 Å². The molecule has 2 nitrogen and oxygen atoms in total. The molecule has 0 saturated carbocycles. The summed E-state index contributed by atoms with van der Waals surface area (Å²) in [4.78, 5) is 0. The molecular formula is C16H16BrCl2NO. The molecule has 2 N–H and O–H groups in total. The molecule has 2 aromatic carbocycles. The zero-order valence-corrected chi connectivity index (χ0v) is 14.7. The molecule has 0 amide bonds. The van der Waals surface area contributed by atoms with Crippen LogP contribution in [-0.4, -0.2) is 6.04 Å². The second-order valence-corrected chi connectivity index (χ2v) is 6.56. The van der Waals surface area contributed by atoms with Crippen molar-refractivity contribution in [1.29, 1.82) is 0 Å². The minimum Gasteiger partial charge on any atom is -0.455 e. The Hall–Kier alpha value is -0.740. The number of ether oxygens (including phenoxy) is 1. The molecule has 2 aromatic rings. The predicted molar refractivity (Wildman–Crippen MR) is 92.6 cm³/mol. The van der Waals surface area contributed by atoms with E-state index in [2.05, 4.69) is 22.9 Å². The second kappa shape index (κ2) is 7.50. The molecule has 0 spiro atoms. The van der Waals surface area contributed by atoms with Crippen LogP contribution in [0.25, 0.3) is 0 Å². The fourth-order valence-corrected chi connectivity index (χ4v) is 2.55. The number of halogens is 3. The van der Waals surface area contributed by atoms with Gasteiger partial charge in [-0.2, -0.15) is 0 Å². The fraction of sp³-hybridized carbons (Fsp3) is 0.250. The lowest BCUT2D eigenvalue weighted by Gasteiger charge is -2.15. The van der Waals surface area contributed by atoms with Crippen molar-refractivity contribution in [3.8, 4) is 11.5 Å². The maximum Gasteiger partial charge on any atom is 0.147 e. The summed E-state index contributed by atoms with van der Waals surface area (Å²) in [6.07, 6.45) is 1.63. The largest absolute Gasteiger partial charge is 0.455 e. The summed E-state index contributed by atoms with van der Waals surface area (Å²) >= 11 is 15.6. The number of rotatable bonds is 5. The van der Waals surface area contributed by atoms with Gasteiger partial charge in [0.2, 0.25) is 0 Å². The monoisotopic (exact) mass is 387 g/mol. The van der Waals surface area contributed by atoms with E-state index >= 15 is 0 Å². The van der Waals surface area contributed by atoms with Crippen LogP contribution in [0.1, 0.15) is 18.9 Å². The van der Waals surface area contributed by atoms with Crippen LogP contribution in [0, 0.1) is 0 Å². The molecule has 21 heavy (non-hydrogen) atoms. The molecule has 1 unspecified atom stereocenters. The normalized spacial score (nSPS) is 12.2. The van der Waals surface area contributed by atoms with E-state index in [0.717, 1.165) is 22.9 Å². The Labute approximate surface area is 143 Å². The van der Waals surface area contributed by atoms with E-state index in [9.17, 15) is 0 Å². The molecule has 0 aromatic heterocycles. The third-order valence-electron chi connectivity index (χ3n) is 3.15. The van der Waals surface area contributed by atoms with Crippen LogP contribution >= 0.6 is 39.1 Å². The summed E-state index contributed by atoms with van der Waals surface area (Å²) in [7, 11) is 0. The van der Waals surface area contributed by atoms with Crippen LogP contribution in [0.3, 0.4) is 0 Å². The van der Waals surface area contributed by atoms with Crippen molar-refractivity contribution in [1.82, 2.24) is 0 Å². The van der Waals surface area contributed by atoms with E-state index in [1.807, 2.05) is 24.3 Å². The Morgan fingerprint density at radius 2 is 1.90 bits per heavy atom. The molecule has 0 bridgehead atoms. The van der Waals surface area contributed by atoms with Gasteiger partial charge in [0.25, 0.3) is 0 Å². The average Bonchev–Trinajstić information content (AvgIpc) is 2.45. The first kappa shape index (κ1) is 16.6. The molecule has 112 valence electrons. The van der Waals surface area contributed by atoms with Gasteiger partial charge in [0, 0.05) is 15.5 Å². The van der Waals surface area contributed by atoms with E-state index in [-0.39, 0.29) is 6.04 Å². The number of nitrogens with two attached hydrogens (primary N) is 1. The minimum atomic E-state index is 0.0894. The van der Waals surface area contributed by atoms with Crippen LogP contribution in [-0.2, 0) is 6.42 Å². The van der Waals surface area contributed by atoms with E-state index in [1.165, 1.54) is 0 Å². The van der Waals surface area contributed by atoms with Crippen LogP contribution in [0.5, 0.6) is 11.5 Å². The topological polar surface area (TPSA) is 35.2 Å². The maximum absolute atomic E-state index is 6.17. The molecule has 0 aliphatic heterocycles. The third-order valence-corrected chi connectivity index (χ3v) is 4.19. The van der Waals surface area contributed by atoms with Gasteiger partial charge in [-0.3, -0.25) is 0 Å². The first-order valence-corrected chi connectivity index (χ1v) is 8.21. The highest BCUT2D eigenvalue weighted by molar-refractivity contribution is 9.10. The van der Waals surface area contributed by atoms with Crippen LogP contribution in [0.2, 0.25) is 10.0 Å². The lowest BCUT2D eigenvalue weighted by Crippen LogP contribution is -2.21. The highest BCUT2D eigenvalue weighted by Gasteiger charge is 2.11. The van der Waals surface area contributed by atoms with Gasteiger partial charge in [-0.1, -0.05) is 52.1 Å². The lowest BCUT2D eigenvalue weighted by molar-refractivity contribution is 0.472. The average molecular weight is 389 g/mol. The summed E-state index contributed by atoms with van der Waals surface area (Å²) in [5.74, 6) is 1.27. The Morgan fingerprint density at radius 3 is 2.62 bits per heavy atom. The van der Waals surface area contributed by atoms with Crippen LogP contribution in [0.15, 0.2) is 40.9 Å². The quantitative estimate of drug-likeness (QED) is 0.699. The Kier molecular flexibility index (Phi) is 5.94. The molecule has 0 saturated heterocycles. The van der Waals surface area contributed by atoms with Crippen molar-refractivity contribution in [3.63, 3.8) is 0 Å². The summed E-state index contributed by atoms with van der Waals surface area (Å²) in [6, 6.07) is 11.1. The van der Waals surface area contributed by atoms with Gasteiger partial charge >= 0.3 is 0 Å². The first-order valence-electron chi connectivity index (χ1n) is 6.66. The highest BCUT2D eigenvalue weighted by atomic mass is 79.9. The van der Waals surface area contributed by atoms with E-state index < -0.39 is 0 Å². The molecule has 0 aliphatic rings. The number of hydrogen-bond acceptors (Lipinski definition) is 2. The van der Waals surface area contributed by atoms with E-state index in [4.69, 9.17) is 33.7 Å². The van der Waals surface area contributed by atoms with Gasteiger partial charge in [-0.25, -0.2) is 0 Å². The Bertz CT molecular complexity index is 634. The van der Waals surface area contributed by atoms with Gasteiger partial charge < -0.3 is 10.5 Å². The van der Waals surface area contributed by atoms with Gasteiger partial charge in [-0.05, 0) is 48.7 Å². The maximum atomic E-state index is 6.17. The van der Waals surface area contributed by atoms with Crippen molar-refractivity contribution in [2.75, 3.05) is 0 Å². The smallest absolute Gasteiger partial charge is 0.147 e. The Balaban J connectivity index is 2.33. The zero-order valence-electron chi connectivity index (χ0n) is 11.6. The van der Waals surface area contributed by atoms with Crippen molar-refractivity contribution in [2.24, 2.45) is 5.73 Å². The second-order valence-electron chi connectivity index (χ2n) is 4.80. The number of hydrogen-bond donors (Lipinski definition) is 1. The lowest BCUT2D eigenvalue weighted by atomic mass is 10.0.